The molecular formula is C16H28O7. The highest BCUT2D eigenvalue weighted by molar-refractivity contribution is 5.79. The van der Waals surface area contributed by atoms with Crippen molar-refractivity contribution in [2.75, 3.05) is 13.2 Å². The molecule has 0 bridgehead atoms. The molecule has 0 rings (SSSR count). The fraction of sp³-hybridized carbons (Fsp3) is 0.562. The summed E-state index contributed by atoms with van der Waals surface area (Å²) in [4.78, 5) is 29.9. The Kier molecular flexibility index (Phi) is 13.9. The predicted octanol–water partition coefficient (Wildman–Crippen LogP) is 2.11. The summed E-state index contributed by atoms with van der Waals surface area (Å²) < 4.78 is 5.06. The monoisotopic (exact) mass is 332 g/mol. The average molecular weight is 332 g/mol. The Bertz CT molecular complexity index is 385. The molecule has 0 saturated carbocycles. The Hall–Kier alpha value is -2.15. The average Bonchev–Trinajstić information content (AvgIpc) is 2.44. The van der Waals surface area contributed by atoms with E-state index >= 15 is 0 Å². The summed E-state index contributed by atoms with van der Waals surface area (Å²) in [6.07, 6.45) is 1.67. The first-order valence-corrected chi connectivity index (χ1v) is 6.72. The lowest BCUT2D eigenvalue weighted by Gasteiger charge is -2.23. The predicted molar refractivity (Wildman–Crippen MR) is 86.9 cm³/mol. The van der Waals surface area contributed by atoms with Crippen LogP contribution in [0.15, 0.2) is 25.3 Å². The van der Waals surface area contributed by atoms with Crippen molar-refractivity contribution >= 4 is 17.9 Å². The molecule has 0 aliphatic heterocycles. The Labute approximate surface area is 137 Å². The number of hydrogen-bond donors (Lipinski definition) is 3. The Balaban J connectivity index is -0.000000329. The summed E-state index contributed by atoms with van der Waals surface area (Å²) in [6.45, 7) is 15.4. The number of aliphatic hydroxyl groups is 1. The minimum atomic E-state index is -0.981. The molecule has 0 fully saturated rings. The third kappa shape index (κ3) is 22.3. The molecule has 0 aliphatic rings. The number of carbonyl (C=O) groups is 3. The zero-order valence-electron chi connectivity index (χ0n) is 14.5. The van der Waals surface area contributed by atoms with Gasteiger partial charge in [0.05, 0.1) is 18.6 Å². The summed E-state index contributed by atoms with van der Waals surface area (Å²) in [6, 6.07) is 0. The van der Waals surface area contributed by atoms with E-state index in [0.29, 0.717) is 6.61 Å². The summed E-state index contributed by atoms with van der Waals surface area (Å²) in [5, 5.41) is 24.1. The molecule has 134 valence electrons. The van der Waals surface area contributed by atoms with E-state index in [4.69, 9.17) is 20.1 Å². The Morgan fingerprint density at radius 2 is 1.26 bits per heavy atom. The Morgan fingerprint density at radius 3 is 1.43 bits per heavy atom. The number of esters is 1. The number of ether oxygens (including phenoxy) is 1. The third-order valence-electron chi connectivity index (χ3n) is 1.93. The van der Waals surface area contributed by atoms with Crippen LogP contribution in [0.25, 0.3) is 0 Å². The molecule has 23 heavy (non-hydrogen) atoms. The lowest BCUT2D eigenvalue weighted by molar-refractivity contribution is -0.158. The second-order valence-corrected chi connectivity index (χ2v) is 6.26. The van der Waals surface area contributed by atoms with E-state index in [1.54, 1.807) is 13.8 Å². The lowest BCUT2D eigenvalue weighted by Crippen LogP contribution is -2.32. The second kappa shape index (κ2) is 12.4. The number of aliphatic carboxylic acids is 2. The number of carboxylic acids is 2. The topological polar surface area (TPSA) is 121 Å². The van der Waals surface area contributed by atoms with Crippen LogP contribution in [0.4, 0.5) is 0 Å². The molecule has 0 aliphatic carbocycles. The van der Waals surface area contributed by atoms with Crippen LogP contribution in [0, 0.1) is 10.8 Å². The molecule has 0 unspecified atom stereocenters. The molecule has 7 nitrogen and oxygen atoms in total. The van der Waals surface area contributed by atoms with Gasteiger partial charge in [-0.2, -0.15) is 0 Å². The molecule has 0 heterocycles. The van der Waals surface area contributed by atoms with Crippen LogP contribution in [-0.4, -0.2) is 46.4 Å². The first-order valence-electron chi connectivity index (χ1n) is 6.72. The lowest BCUT2D eigenvalue weighted by atomic mass is 9.94. The van der Waals surface area contributed by atoms with Gasteiger partial charge in [-0.15, -0.1) is 0 Å². The van der Waals surface area contributed by atoms with Gasteiger partial charge in [-0.25, -0.2) is 9.59 Å². The van der Waals surface area contributed by atoms with Crippen molar-refractivity contribution < 1.29 is 34.4 Å². The molecule has 0 saturated heterocycles. The third-order valence-corrected chi connectivity index (χ3v) is 1.93. The zero-order chi connectivity index (χ0) is 19.3. The van der Waals surface area contributed by atoms with Crippen molar-refractivity contribution in [1.29, 1.82) is 0 Å². The largest absolute Gasteiger partial charge is 0.478 e. The highest BCUT2D eigenvalue weighted by Crippen LogP contribution is 2.19. The normalized spacial score (nSPS) is 10.0. The van der Waals surface area contributed by atoms with E-state index in [1.807, 2.05) is 20.8 Å². The van der Waals surface area contributed by atoms with E-state index in [2.05, 4.69) is 13.2 Å². The van der Waals surface area contributed by atoms with Crippen LogP contribution in [-0.2, 0) is 19.1 Å². The van der Waals surface area contributed by atoms with Crippen LogP contribution >= 0.6 is 0 Å². The van der Waals surface area contributed by atoms with Gasteiger partial charge < -0.3 is 20.1 Å². The number of hydrogen-bond acceptors (Lipinski definition) is 5. The van der Waals surface area contributed by atoms with E-state index in [1.165, 1.54) is 0 Å². The van der Waals surface area contributed by atoms with Gasteiger partial charge in [0.25, 0.3) is 0 Å². The van der Waals surface area contributed by atoms with Crippen LogP contribution in [0.3, 0.4) is 0 Å². The SMILES string of the molecule is C=CC(=O)O.C=CC(=O)O.CC(C)(C)COC(=O)C(C)(C)CO. The molecule has 0 amide bonds. The van der Waals surface area contributed by atoms with Crippen molar-refractivity contribution in [3.8, 4) is 0 Å². The van der Waals surface area contributed by atoms with Crippen LogP contribution in [0.5, 0.6) is 0 Å². The highest BCUT2D eigenvalue weighted by atomic mass is 16.5. The molecule has 0 spiro atoms. The van der Waals surface area contributed by atoms with Crippen molar-refractivity contribution in [2.45, 2.75) is 34.6 Å². The summed E-state index contributed by atoms with van der Waals surface area (Å²) in [5.74, 6) is -2.31. The van der Waals surface area contributed by atoms with Crippen LogP contribution in [0.1, 0.15) is 34.6 Å². The highest BCUT2D eigenvalue weighted by Gasteiger charge is 2.29. The minimum absolute atomic E-state index is 0.0266. The molecule has 0 atom stereocenters. The molecular weight excluding hydrogens is 304 g/mol. The van der Waals surface area contributed by atoms with Crippen molar-refractivity contribution in [3.05, 3.63) is 25.3 Å². The number of aliphatic hydroxyl groups excluding tert-OH is 1. The number of carboxylic acid groups (broad SMARTS) is 2. The minimum Gasteiger partial charge on any atom is -0.478 e. The quantitative estimate of drug-likeness (QED) is 0.520. The van der Waals surface area contributed by atoms with E-state index in [0.717, 1.165) is 12.2 Å². The van der Waals surface area contributed by atoms with Crippen molar-refractivity contribution in [2.24, 2.45) is 10.8 Å². The fourth-order valence-electron chi connectivity index (χ4n) is 0.542. The molecule has 0 aromatic rings. The van der Waals surface area contributed by atoms with Crippen LogP contribution in [0.2, 0.25) is 0 Å². The van der Waals surface area contributed by atoms with Crippen molar-refractivity contribution in [3.63, 3.8) is 0 Å². The van der Waals surface area contributed by atoms with E-state index < -0.39 is 17.4 Å². The summed E-state index contributed by atoms with van der Waals surface area (Å²) in [5.41, 5.74) is -0.813. The molecule has 0 aromatic heterocycles. The number of carbonyl (C=O) groups excluding carboxylic acids is 1. The van der Waals surface area contributed by atoms with Gasteiger partial charge in [0.2, 0.25) is 0 Å². The van der Waals surface area contributed by atoms with Gasteiger partial charge in [0, 0.05) is 12.2 Å². The first-order chi connectivity index (χ1) is 10.2. The zero-order valence-corrected chi connectivity index (χ0v) is 14.5. The van der Waals surface area contributed by atoms with Gasteiger partial charge in [0.15, 0.2) is 0 Å². The van der Waals surface area contributed by atoms with Gasteiger partial charge >= 0.3 is 17.9 Å². The smallest absolute Gasteiger partial charge is 0.327 e. The summed E-state index contributed by atoms with van der Waals surface area (Å²) >= 11 is 0. The van der Waals surface area contributed by atoms with Crippen LogP contribution < -0.4 is 0 Å². The van der Waals surface area contributed by atoms with Gasteiger partial charge in [-0.3, -0.25) is 4.79 Å². The van der Waals surface area contributed by atoms with Gasteiger partial charge in [-0.1, -0.05) is 33.9 Å². The maximum absolute atomic E-state index is 11.4. The molecule has 3 N–H and O–H groups in total. The maximum Gasteiger partial charge on any atom is 0.327 e. The molecule has 0 radical (unpaired) electrons. The van der Waals surface area contributed by atoms with E-state index in [-0.39, 0.29) is 18.0 Å². The summed E-state index contributed by atoms with van der Waals surface area (Å²) in [7, 11) is 0. The molecule has 0 aromatic carbocycles. The van der Waals surface area contributed by atoms with E-state index in [9.17, 15) is 14.4 Å². The van der Waals surface area contributed by atoms with Gasteiger partial charge in [0.1, 0.15) is 0 Å². The van der Waals surface area contributed by atoms with Crippen molar-refractivity contribution in [1.82, 2.24) is 0 Å². The Morgan fingerprint density at radius 1 is 0.957 bits per heavy atom. The maximum atomic E-state index is 11.4. The van der Waals surface area contributed by atoms with Gasteiger partial charge in [-0.05, 0) is 19.3 Å². The number of rotatable bonds is 5. The molecule has 7 heteroatoms. The fourth-order valence-corrected chi connectivity index (χ4v) is 0.542. The first kappa shape index (κ1) is 25.8. The standard InChI is InChI=1S/C10H20O3.2C3H4O2/c1-9(2,3)7-13-8(12)10(4,5)6-11;2*1-2-3(4)5/h11H,6-7H2,1-5H3;2*2H,1H2,(H,4,5). The second-order valence-electron chi connectivity index (χ2n) is 6.26.